The molecule has 0 aliphatic carbocycles. The molecule has 3 aliphatic heterocycles. The molecule has 3 aromatic heterocycles. The van der Waals surface area contributed by atoms with Gasteiger partial charge in [0.15, 0.2) is 17.4 Å². The highest BCUT2D eigenvalue weighted by Crippen LogP contribution is 2.40. The van der Waals surface area contributed by atoms with Gasteiger partial charge in [0.2, 0.25) is 17.7 Å². The van der Waals surface area contributed by atoms with Gasteiger partial charge in [0.1, 0.15) is 35.3 Å². The summed E-state index contributed by atoms with van der Waals surface area (Å²) in [6.45, 7) is 16.1. The van der Waals surface area contributed by atoms with Crippen molar-refractivity contribution in [2.24, 2.45) is 15.4 Å². The molecule has 1 fully saturated rings. The first-order valence-corrected chi connectivity index (χ1v) is 27.0. The highest BCUT2D eigenvalue weighted by molar-refractivity contribution is 7.15. The zero-order valence-corrected chi connectivity index (χ0v) is 45.7. The summed E-state index contributed by atoms with van der Waals surface area (Å²) in [5, 5.41) is 26.3. The van der Waals surface area contributed by atoms with Crippen LogP contribution in [0.2, 0.25) is 0 Å². The molecule has 77 heavy (non-hydrogen) atoms. The summed E-state index contributed by atoms with van der Waals surface area (Å²) in [7, 11) is 0. The van der Waals surface area contributed by atoms with E-state index in [2.05, 4.69) is 87.8 Å². The van der Waals surface area contributed by atoms with Crippen LogP contribution < -0.4 is 15.4 Å². The number of aryl methyl sites for hydroxylation is 4. The quantitative estimate of drug-likeness (QED) is 0.0653. The van der Waals surface area contributed by atoms with Crippen molar-refractivity contribution >= 4 is 58.3 Å². The van der Waals surface area contributed by atoms with Crippen LogP contribution in [0.25, 0.3) is 22.0 Å². The van der Waals surface area contributed by atoms with Crippen LogP contribution in [0.5, 0.6) is 5.75 Å². The molecule has 400 valence electrons. The van der Waals surface area contributed by atoms with Crippen molar-refractivity contribution in [2.45, 2.75) is 118 Å². The number of rotatable bonds is 19. The van der Waals surface area contributed by atoms with Gasteiger partial charge >= 0.3 is 0 Å². The van der Waals surface area contributed by atoms with Crippen molar-refractivity contribution in [3.8, 4) is 22.0 Å². The highest BCUT2D eigenvalue weighted by atomic mass is 32.1. The lowest BCUT2D eigenvalue weighted by molar-refractivity contribution is -0.144. The van der Waals surface area contributed by atoms with E-state index in [1.54, 1.807) is 17.5 Å². The van der Waals surface area contributed by atoms with Gasteiger partial charge in [0, 0.05) is 65.6 Å². The number of Topliss-reactive ketones (excluding diaryl/α,β-unsaturated/α-hetero) is 1. The smallest absolute Gasteiger partial charge is 0.246 e. The van der Waals surface area contributed by atoms with Crippen molar-refractivity contribution in [3.63, 3.8) is 0 Å². The number of aliphatic imine (C=N–C) groups is 2. The number of aromatic nitrogens is 5. The fourth-order valence-electron chi connectivity index (χ4n) is 9.83. The second-order valence-corrected chi connectivity index (χ2v) is 22.4. The largest absolute Gasteiger partial charge is 0.494 e. The number of β-amino-alcohol motifs (C(OH)–C–C–N with tert-alkyl or cyclic N) is 1. The average Bonchev–Trinajstić information content (AvgIpc) is 4.21. The molecule has 18 heteroatoms. The van der Waals surface area contributed by atoms with Gasteiger partial charge in [-0.2, -0.15) is 0 Å². The van der Waals surface area contributed by atoms with Gasteiger partial charge < -0.3 is 30.1 Å². The Balaban J connectivity index is 0.718. The molecular formula is C59H66N10O7S. The Hall–Kier alpha value is -7.54. The van der Waals surface area contributed by atoms with Crippen molar-refractivity contribution < 1.29 is 33.8 Å². The van der Waals surface area contributed by atoms with E-state index in [4.69, 9.17) is 14.5 Å². The van der Waals surface area contributed by atoms with Gasteiger partial charge in [-0.25, -0.2) is 4.98 Å². The summed E-state index contributed by atoms with van der Waals surface area (Å²) < 4.78 is 13.6. The van der Waals surface area contributed by atoms with E-state index >= 15 is 0 Å². The van der Waals surface area contributed by atoms with E-state index in [9.17, 15) is 24.3 Å². The zero-order valence-electron chi connectivity index (χ0n) is 44.9. The number of ketones is 1. The highest BCUT2D eigenvalue weighted by Gasteiger charge is 2.44. The SMILES string of the molecule is CC1=C(c2ccc(CCC(=O)[C@@H]3CC(O)CN3C(=O)[C@@H](NC(=O)COCCCOc3ccc(-c4cnc(NC(=O)CC5N=C(c6ccc(C)cc6)c6c(sc(C)c6C)-n6c(C)nnc65)cn4)cc3)C(C)(C)C)cc2)N=CC1. The maximum absolute atomic E-state index is 14.1. The summed E-state index contributed by atoms with van der Waals surface area (Å²) in [5.41, 5.74) is 10.0. The van der Waals surface area contributed by atoms with Crippen molar-refractivity contribution in [1.29, 1.82) is 0 Å². The Labute approximate surface area is 453 Å². The molecule has 3 N–H and O–H groups in total. The molecule has 0 radical (unpaired) electrons. The number of nitrogens with zero attached hydrogens (tertiary/aromatic N) is 8. The summed E-state index contributed by atoms with van der Waals surface area (Å²) in [6, 6.07) is 21.3. The van der Waals surface area contributed by atoms with E-state index < -0.39 is 41.5 Å². The van der Waals surface area contributed by atoms with Crippen molar-refractivity contribution in [3.05, 3.63) is 141 Å². The summed E-state index contributed by atoms with van der Waals surface area (Å²) in [5.74, 6) is 0.975. The zero-order chi connectivity index (χ0) is 54.5. The van der Waals surface area contributed by atoms with E-state index in [1.165, 1.54) is 21.5 Å². The van der Waals surface area contributed by atoms with Crippen LogP contribution in [0.3, 0.4) is 0 Å². The molecule has 3 aromatic carbocycles. The standard InChI is InChI=1S/C59H66N10O7S/c1-34-10-15-42(16-11-34)54-52-36(3)37(4)77-58(52)69-38(5)66-67-56(69)45(63-54)29-50(72)64-49-31-61-46(30-62-49)40-19-21-44(22-20-40)76-27-9-26-75-33-51(73)65-55(59(6,7)8)57(74)68-32-43(70)28-47(68)48(71)23-14-39-12-17-41(18-13-39)53-35(2)24-25-60-53/h10-13,15-22,25,30-31,43,45,47,55,70H,9,14,23-24,26-29,32-33H2,1-8H3,(H,65,73)(H,62,64,72)/t43?,45?,47-,55+/m0/s1. The number of hydrogen-bond acceptors (Lipinski definition) is 14. The van der Waals surface area contributed by atoms with Crippen LogP contribution in [0, 0.1) is 33.1 Å². The van der Waals surface area contributed by atoms with Crippen LogP contribution in [-0.2, 0) is 30.3 Å². The first kappa shape index (κ1) is 54.3. The minimum Gasteiger partial charge on any atom is -0.494 e. The van der Waals surface area contributed by atoms with E-state index in [0.717, 1.165) is 67.6 Å². The first-order valence-electron chi connectivity index (χ1n) is 26.1. The maximum atomic E-state index is 14.1. The normalized spacial score (nSPS) is 17.4. The molecule has 0 spiro atoms. The number of ether oxygens (including phenoxy) is 2. The van der Waals surface area contributed by atoms with Gasteiger partial charge in [0.05, 0.1) is 61.3 Å². The fourth-order valence-corrected chi connectivity index (χ4v) is 11.0. The summed E-state index contributed by atoms with van der Waals surface area (Å²) >= 11 is 1.67. The molecule has 3 amide bonds. The molecule has 17 nitrogen and oxygen atoms in total. The van der Waals surface area contributed by atoms with Gasteiger partial charge in [0.25, 0.3) is 0 Å². The minimum absolute atomic E-state index is 0.0123. The number of aliphatic hydroxyl groups excluding tert-OH is 1. The van der Waals surface area contributed by atoms with E-state index in [-0.39, 0.29) is 50.7 Å². The maximum Gasteiger partial charge on any atom is 0.246 e. The van der Waals surface area contributed by atoms with Crippen molar-refractivity contribution in [1.82, 2.24) is 34.9 Å². The Bertz CT molecular complexity index is 3250. The molecule has 0 saturated carbocycles. The number of thiophene rings is 1. The van der Waals surface area contributed by atoms with E-state index in [0.29, 0.717) is 42.5 Å². The second kappa shape index (κ2) is 23.4. The number of amides is 3. The van der Waals surface area contributed by atoms with Crippen LogP contribution in [0.1, 0.15) is 116 Å². The van der Waals surface area contributed by atoms with Gasteiger partial charge in [-0.3, -0.25) is 38.7 Å². The molecule has 6 aromatic rings. The minimum atomic E-state index is -0.949. The molecule has 9 rings (SSSR count). The number of anilines is 1. The number of likely N-dealkylation sites (tertiary alicyclic amines) is 1. The van der Waals surface area contributed by atoms with Gasteiger partial charge in [-0.1, -0.05) is 74.9 Å². The fraction of sp³-hybridized carbons (Fsp3) is 0.390. The van der Waals surface area contributed by atoms with E-state index in [1.807, 2.05) is 87.0 Å². The van der Waals surface area contributed by atoms with Crippen molar-refractivity contribution in [2.75, 3.05) is 31.7 Å². The number of benzene rings is 3. The third-order valence-electron chi connectivity index (χ3n) is 14.2. The topological polar surface area (TPSA) is 215 Å². The number of hydrogen-bond donors (Lipinski definition) is 3. The van der Waals surface area contributed by atoms with Gasteiger partial charge in [-0.15, -0.1) is 21.5 Å². The van der Waals surface area contributed by atoms with Crippen LogP contribution in [0.4, 0.5) is 5.82 Å². The number of nitrogens with one attached hydrogen (secondary N) is 2. The molecule has 4 atom stereocenters. The predicted molar refractivity (Wildman–Crippen MR) is 298 cm³/mol. The first-order chi connectivity index (χ1) is 36.9. The Morgan fingerprint density at radius 2 is 1.58 bits per heavy atom. The number of allylic oxidation sites excluding steroid dienone is 1. The molecular weight excluding hydrogens is 993 g/mol. The monoisotopic (exact) mass is 1060 g/mol. The molecule has 1 saturated heterocycles. The lowest BCUT2D eigenvalue weighted by Crippen LogP contribution is -2.57. The summed E-state index contributed by atoms with van der Waals surface area (Å²) in [4.78, 5) is 75.9. The van der Waals surface area contributed by atoms with Crippen LogP contribution in [-0.4, -0.2) is 115 Å². The summed E-state index contributed by atoms with van der Waals surface area (Å²) in [6.07, 6.45) is 6.41. The Morgan fingerprint density at radius 3 is 2.27 bits per heavy atom. The third-order valence-corrected chi connectivity index (χ3v) is 15.4. The van der Waals surface area contributed by atoms with Gasteiger partial charge in [-0.05, 0) is 87.4 Å². The lowest BCUT2D eigenvalue weighted by Gasteiger charge is -2.35. The molecule has 2 unspecified atom stereocenters. The molecule has 3 aliphatic rings. The third kappa shape index (κ3) is 12.5. The molecule has 6 heterocycles. The second-order valence-electron chi connectivity index (χ2n) is 21.2. The predicted octanol–water partition coefficient (Wildman–Crippen LogP) is 8.63. The van der Waals surface area contributed by atoms with Crippen LogP contribution in [0.15, 0.2) is 101 Å². The Kier molecular flexibility index (Phi) is 16.5. The molecule has 0 bridgehead atoms. The number of carbonyl (C=O) groups is 4. The number of carbonyl (C=O) groups excluding carboxylic acids is 4. The number of fused-ring (bicyclic) bond motifs is 3. The average molecular weight is 1060 g/mol. The number of aliphatic hydroxyl groups is 1. The Morgan fingerprint density at radius 1 is 0.857 bits per heavy atom. The lowest BCUT2D eigenvalue weighted by atomic mass is 9.85. The van der Waals surface area contributed by atoms with Crippen LogP contribution >= 0.6 is 11.3 Å².